The number of nitro groups is 1. The number of benzene rings is 1. The lowest BCUT2D eigenvalue weighted by Crippen LogP contribution is -2.13. The lowest BCUT2D eigenvalue weighted by atomic mass is 10.2. The molecule has 0 aliphatic heterocycles. The van der Waals surface area contributed by atoms with Crippen molar-refractivity contribution in [1.29, 1.82) is 5.26 Å². The Morgan fingerprint density at radius 3 is 2.77 bits per heavy atom. The van der Waals surface area contributed by atoms with Gasteiger partial charge in [-0.3, -0.25) is 10.1 Å². The number of ether oxygens (including phenoxy) is 1. The van der Waals surface area contributed by atoms with Gasteiger partial charge in [-0.2, -0.15) is 5.26 Å². The van der Waals surface area contributed by atoms with Crippen LogP contribution >= 0.6 is 0 Å². The van der Waals surface area contributed by atoms with Crippen molar-refractivity contribution in [3.05, 3.63) is 58.3 Å². The maximum Gasteiger partial charge on any atom is 0.311 e. The molecule has 2 aromatic rings. The average Bonchev–Trinajstić information content (AvgIpc) is 2.53. The van der Waals surface area contributed by atoms with Crippen molar-refractivity contribution < 1.29 is 9.66 Å². The van der Waals surface area contributed by atoms with Gasteiger partial charge in [0.05, 0.1) is 24.0 Å². The van der Waals surface area contributed by atoms with E-state index in [0.29, 0.717) is 25.3 Å². The van der Waals surface area contributed by atoms with Gasteiger partial charge in [-0.25, -0.2) is 4.98 Å². The predicted octanol–water partition coefficient (Wildman–Crippen LogP) is 2.55. The largest absolute Gasteiger partial charge is 0.492 e. The monoisotopic (exact) mass is 298 g/mol. The molecule has 22 heavy (non-hydrogen) atoms. The lowest BCUT2D eigenvalue weighted by molar-refractivity contribution is -0.384. The van der Waals surface area contributed by atoms with Gasteiger partial charge < -0.3 is 10.1 Å². The zero-order valence-electron chi connectivity index (χ0n) is 11.7. The molecule has 0 amide bonds. The molecule has 0 unspecified atom stereocenters. The predicted molar refractivity (Wildman–Crippen MR) is 80.6 cm³/mol. The summed E-state index contributed by atoms with van der Waals surface area (Å²) in [5, 5.41) is 22.3. The minimum absolute atomic E-state index is 0.0663. The fourth-order valence-corrected chi connectivity index (χ4v) is 1.81. The second-order valence-electron chi connectivity index (χ2n) is 4.38. The maximum atomic E-state index is 10.8. The Kier molecular flexibility index (Phi) is 5.26. The van der Waals surface area contributed by atoms with Crippen LogP contribution in [-0.4, -0.2) is 23.1 Å². The first-order valence-electron chi connectivity index (χ1n) is 6.62. The van der Waals surface area contributed by atoms with Gasteiger partial charge in [0, 0.05) is 12.3 Å². The van der Waals surface area contributed by atoms with Crippen molar-refractivity contribution in [3.8, 4) is 11.8 Å². The summed E-state index contributed by atoms with van der Waals surface area (Å²) in [6.07, 6.45) is 1.86. The van der Waals surface area contributed by atoms with Crippen LogP contribution in [-0.2, 0) is 6.42 Å². The third-order valence-corrected chi connectivity index (χ3v) is 2.85. The highest BCUT2D eigenvalue weighted by molar-refractivity contribution is 5.54. The van der Waals surface area contributed by atoms with Gasteiger partial charge >= 0.3 is 5.69 Å². The molecule has 0 radical (unpaired) electrons. The van der Waals surface area contributed by atoms with E-state index in [1.807, 2.05) is 12.1 Å². The van der Waals surface area contributed by atoms with E-state index in [2.05, 4.69) is 16.4 Å². The Labute approximate surface area is 127 Å². The van der Waals surface area contributed by atoms with E-state index < -0.39 is 4.92 Å². The molecule has 0 fully saturated rings. The number of anilines is 1. The van der Waals surface area contributed by atoms with Gasteiger partial charge in [0.25, 0.3) is 0 Å². The summed E-state index contributed by atoms with van der Waals surface area (Å²) >= 11 is 0. The summed E-state index contributed by atoms with van der Waals surface area (Å²) in [6.45, 7) is 0.725. The molecule has 0 spiro atoms. The standard InChI is InChI=1S/C15H14N4O3/c16-8-7-12-3-5-13(6-4-12)22-11-10-18-15-14(19(20)21)2-1-9-17-15/h1-6,9H,7,10-11H2,(H,17,18). The van der Waals surface area contributed by atoms with E-state index in [-0.39, 0.29) is 11.5 Å². The van der Waals surface area contributed by atoms with Crippen LogP contribution in [0.15, 0.2) is 42.6 Å². The maximum absolute atomic E-state index is 10.8. The third kappa shape index (κ3) is 4.18. The Morgan fingerprint density at radius 2 is 2.09 bits per heavy atom. The van der Waals surface area contributed by atoms with Gasteiger partial charge in [-0.05, 0) is 23.8 Å². The highest BCUT2D eigenvalue weighted by Gasteiger charge is 2.12. The molecular weight excluding hydrogens is 284 g/mol. The van der Waals surface area contributed by atoms with Crippen LogP contribution in [0.1, 0.15) is 5.56 Å². The second kappa shape index (κ2) is 7.59. The number of nitriles is 1. The number of pyridine rings is 1. The first-order valence-corrected chi connectivity index (χ1v) is 6.62. The Bertz CT molecular complexity index is 680. The summed E-state index contributed by atoms with van der Waals surface area (Å²) < 4.78 is 5.52. The van der Waals surface area contributed by atoms with Gasteiger partial charge in [0.2, 0.25) is 5.82 Å². The van der Waals surface area contributed by atoms with E-state index >= 15 is 0 Å². The molecule has 7 heteroatoms. The fourth-order valence-electron chi connectivity index (χ4n) is 1.81. The Balaban J connectivity index is 1.82. The highest BCUT2D eigenvalue weighted by atomic mass is 16.6. The van der Waals surface area contributed by atoms with E-state index in [0.717, 1.165) is 5.56 Å². The zero-order valence-corrected chi connectivity index (χ0v) is 11.7. The summed E-state index contributed by atoms with van der Waals surface area (Å²) in [4.78, 5) is 14.3. The van der Waals surface area contributed by atoms with Crippen molar-refractivity contribution in [3.63, 3.8) is 0 Å². The van der Waals surface area contributed by atoms with Crippen LogP contribution in [0.4, 0.5) is 11.5 Å². The summed E-state index contributed by atoms with van der Waals surface area (Å²) in [5.41, 5.74) is 0.862. The summed E-state index contributed by atoms with van der Waals surface area (Å²) in [5.74, 6) is 0.902. The first-order chi connectivity index (χ1) is 10.7. The molecule has 0 atom stereocenters. The van der Waals surface area contributed by atoms with Crippen molar-refractivity contribution in [2.75, 3.05) is 18.5 Å². The van der Waals surface area contributed by atoms with Gasteiger partial charge in [0.1, 0.15) is 12.4 Å². The van der Waals surface area contributed by atoms with E-state index in [9.17, 15) is 10.1 Å². The van der Waals surface area contributed by atoms with Crippen LogP contribution in [0.25, 0.3) is 0 Å². The van der Waals surface area contributed by atoms with E-state index in [1.165, 1.54) is 18.3 Å². The summed E-state index contributed by atoms with van der Waals surface area (Å²) in [7, 11) is 0. The number of aromatic nitrogens is 1. The Morgan fingerprint density at radius 1 is 1.32 bits per heavy atom. The minimum Gasteiger partial charge on any atom is -0.492 e. The molecule has 0 aliphatic carbocycles. The van der Waals surface area contributed by atoms with Crippen molar-refractivity contribution >= 4 is 11.5 Å². The molecule has 112 valence electrons. The molecule has 1 aromatic carbocycles. The smallest absolute Gasteiger partial charge is 0.311 e. The van der Waals surface area contributed by atoms with Crippen molar-refractivity contribution in [1.82, 2.24) is 4.98 Å². The van der Waals surface area contributed by atoms with E-state index in [1.54, 1.807) is 12.1 Å². The second-order valence-corrected chi connectivity index (χ2v) is 4.38. The van der Waals surface area contributed by atoms with Crippen LogP contribution in [0.3, 0.4) is 0 Å². The number of hydrogen-bond donors (Lipinski definition) is 1. The lowest BCUT2D eigenvalue weighted by Gasteiger charge is -2.08. The number of hydrogen-bond acceptors (Lipinski definition) is 6. The first kappa shape index (κ1) is 15.3. The molecular formula is C15H14N4O3. The zero-order chi connectivity index (χ0) is 15.8. The molecule has 1 aromatic heterocycles. The SMILES string of the molecule is N#CCc1ccc(OCCNc2ncccc2[N+](=O)[O-])cc1. The molecule has 1 N–H and O–H groups in total. The molecule has 0 aliphatic rings. The van der Waals surface area contributed by atoms with Crippen molar-refractivity contribution in [2.24, 2.45) is 0 Å². The summed E-state index contributed by atoms with van der Waals surface area (Å²) in [6, 6.07) is 12.2. The molecule has 0 bridgehead atoms. The van der Waals surface area contributed by atoms with Gasteiger partial charge in [-0.1, -0.05) is 12.1 Å². The minimum atomic E-state index is -0.482. The number of nitrogens with zero attached hydrogens (tertiary/aromatic N) is 3. The van der Waals surface area contributed by atoms with E-state index in [4.69, 9.17) is 10.00 Å². The van der Waals surface area contributed by atoms with Gasteiger partial charge in [-0.15, -0.1) is 0 Å². The third-order valence-electron chi connectivity index (χ3n) is 2.85. The highest BCUT2D eigenvalue weighted by Crippen LogP contribution is 2.19. The molecule has 0 saturated heterocycles. The average molecular weight is 298 g/mol. The normalized spacial score (nSPS) is 9.77. The van der Waals surface area contributed by atoms with Gasteiger partial charge in [0.15, 0.2) is 0 Å². The van der Waals surface area contributed by atoms with Crippen LogP contribution in [0, 0.1) is 21.4 Å². The molecule has 7 nitrogen and oxygen atoms in total. The fraction of sp³-hybridized carbons (Fsp3) is 0.200. The quantitative estimate of drug-likeness (QED) is 0.479. The number of rotatable bonds is 7. The van der Waals surface area contributed by atoms with Crippen LogP contribution < -0.4 is 10.1 Å². The number of nitrogens with one attached hydrogen (secondary N) is 1. The topological polar surface area (TPSA) is 101 Å². The van der Waals surface area contributed by atoms with Crippen LogP contribution in [0.5, 0.6) is 5.75 Å². The molecule has 2 rings (SSSR count). The van der Waals surface area contributed by atoms with Crippen LogP contribution in [0.2, 0.25) is 0 Å². The molecule has 1 heterocycles. The van der Waals surface area contributed by atoms with Crippen molar-refractivity contribution in [2.45, 2.75) is 6.42 Å². The molecule has 0 saturated carbocycles. The Hall–Kier alpha value is -3.14.